The second kappa shape index (κ2) is 6.84. The predicted octanol–water partition coefficient (Wildman–Crippen LogP) is 3.27. The molecule has 3 aliphatic heterocycles. The molecule has 0 spiro atoms. The Morgan fingerprint density at radius 1 is 1.10 bits per heavy atom. The van der Waals surface area contributed by atoms with Crippen LogP contribution in [0.25, 0.3) is 5.76 Å². The van der Waals surface area contributed by atoms with Gasteiger partial charge >= 0.3 is 6.03 Å². The molecule has 5 rings (SSSR count). The molecule has 3 amide bonds. The van der Waals surface area contributed by atoms with Crippen LogP contribution >= 0.6 is 11.6 Å². The van der Waals surface area contributed by atoms with Crippen LogP contribution in [0.3, 0.4) is 0 Å². The van der Waals surface area contributed by atoms with Crippen molar-refractivity contribution in [2.45, 2.75) is 18.8 Å². The Labute approximate surface area is 176 Å². The van der Waals surface area contributed by atoms with Crippen LogP contribution in [0.15, 0.2) is 59.7 Å². The smallest absolute Gasteiger partial charge is 0.328 e. The Hall–Kier alpha value is -3.39. The number of carbonyl (C=O) groups excluding carboxylic acids is 2. The first-order chi connectivity index (χ1) is 14.4. The van der Waals surface area contributed by atoms with Crippen LogP contribution in [-0.2, 0) is 16.1 Å². The van der Waals surface area contributed by atoms with E-state index in [9.17, 15) is 14.0 Å². The number of fused-ring (bicyclic) bond motifs is 3. The minimum absolute atomic E-state index is 0.0449. The maximum Gasteiger partial charge on any atom is 0.328 e. The van der Waals surface area contributed by atoms with Gasteiger partial charge in [0.15, 0.2) is 18.0 Å². The van der Waals surface area contributed by atoms with Crippen LogP contribution in [0.1, 0.15) is 11.1 Å². The van der Waals surface area contributed by atoms with Gasteiger partial charge in [0.05, 0.1) is 12.7 Å². The first-order valence-corrected chi connectivity index (χ1v) is 9.64. The molecule has 2 aromatic carbocycles. The summed E-state index contributed by atoms with van der Waals surface area (Å²) in [4.78, 5) is 34.7. The Kier molecular flexibility index (Phi) is 4.25. The number of carbonyl (C=O) groups is 2. The molecular weight excluding hydrogens is 411 g/mol. The molecule has 1 saturated heterocycles. The number of hydrogen-bond donors (Lipinski definition) is 0. The van der Waals surface area contributed by atoms with E-state index in [1.54, 1.807) is 42.4 Å². The van der Waals surface area contributed by atoms with Crippen molar-refractivity contribution in [2.75, 3.05) is 7.05 Å². The Balaban J connectivity index is 1.43. The molecule has 2 atom stereocenters. The summed E-state index contributed by atoms with van der Waals surface area (Å²) >= 11 is 5.94. The van der Waals surface area contributed by atoms with Gasteiger partial charge in [-0.1, -0.05) is 23.7 Å². The number of aliphatic imine (C=N–C) groups is 1. The molecule has 0 saturated carbocycles. The van der Waals surface area contributed by atoms with E-state index >= 15 is 0 Å². The minimum atomic E-state index is -0.729. The lowest BCUT2D eigenvalue weighted by molar-refractivity contribution is -0.137. The third kappa shape index (κ3) is 2.91. The number of nitrogens with zero attached hydrogens (tertiary/aromatic N) is 4. The van der Waals surface area contributed by atoms with Crippen molar-refractivity contribution in [3.63, 3.8) is 0 Å². The Morgan fingerprint density at radius 2 is 1.80 bits per heavy atom. The summed E-state index contributed by atoms with van der Waals surface area (Å²) in [6, 6.07) is 11.9. The number of amidine groups is 1. The number of imide groups is 1. The number of amides is 3. The Bertz CT molecular complexity index is 1100. The molecule has 1 fully saturated rings. The largest absolute Gasteiger partial charge is 0.423 e. The van der Waals surface area contributed by atoms with Gasteiger partial charge in [-0.15, -0.1) is 0 Å². The fourth-order valence-electron chi connectivity index (χ4n) is 3.75. The van der Waals surface area contributed by atoms with Crippen LogP contribution in [0.2, 0.25) is 5.02 Å². The van der Waals surface area contributed by atoms with Gasteiger partial charge in [0.25, 0.3) is 11.9 Å². The summed E-state index contributed by atoms with van der Waals surface area (Å²) in [5, 5.41) is 0.606. The zero-order chi connectivity index (χ0) is 21.0. The zero-order valence-corrected chi connectivity index (χ0v) is 16.6. The van der Waals surface area contributed by atoms with Crippen LogP contribution in [0, 0.1) is 5.82 Å². The van der Waals surface area contributed by atoms with Crippen molar-refractivity contribution >= 4 is 35.3 Å². The fourth-order valence-corrected chi connectivity index (χ4v) is 3.87. The minimum Gasteiger partial charge on any atom is -0.423 e. The number of urea groups is 1. The lowest BCUT2D eigenvalue weighted by Gasteiger charge is -2.39. The van der Waals surface area contributed by atoms with E-state index in [1.807, 2.05) is 12.1 Å². The average Bonchev–Trinajstić information content (AvgIpc) is 3.30. The quantitative estimate of drug-likeness (QED) is 0.755. The summed E-state index contributed by atoms with van der Waals surface area (Å²) in [5.41, 5.74) is 1.45. The third-order valence-corrected chi connectivity index (χ3v) is 5.59. The van der Waals surface area contributed by atoms with Gasteiger partial charge in [-0.05, 0) is 42.0 Å². The summed E-state index contributed by atoms with van der Waals surface area (Å²) in [6.45, 7) is 0.0449. The van der Waals surface area contributed by atoms with E-state index in [2.05, 4.69) is 4.99 Å². The molecule has 0 N–H and O–H groups in total. The number of benzene rings is 2. The normalized spacial score (nSPS) is 22.6. The van der Waals surface area contributed by atoms with E-state index in [-0.39, 0.29) is 24.3 Å². The molecule has 3 aliphatic rings. The number of halogens is 2. The molecule has 2 aromatic rings. The topological polar surface area (TPSA) is 65.5 Å². The monoisotopic (exact) mass is 426 g/mol. The van der Waals surface area contributed by atoms with E-state index < -0.39 is 18.2 Å². The molecule has 7 nitrogen and oxygen atoms in total. The standard InChI is InChI=1S/C21H16ClFN4O3/c1-25-18-17(19(28)27(21(25)29)10-12-2-8-15(23)9-3-12)26-11-16(30-20(26)24-18)13-4-6-14(22)7-5-13/h2-9,11,17-18H,10H2,1H3. The van der Waals surface area contributed by atoms with E-state index in [0.29, 0.717) is 16.3 Å². The van der Waals surface area contributed by atoms with E-state index in [4.69, 9.17) is 16.3 Å². The van der Waals surface area contributed by atoms with Crippen LogP contribution in [0.5, 0.6) is 0 Å². The summed E-state index contributed by atoms with van der Waals surface area (Å²) in [7, 11) is 1.60. The highest BCUT2D eigenvalue weighted by Gasteiger charge is 2.54. The first kappa shape index (κ1) is 18.6. The fraction of sp³-hybridized carbons (Fsp3) is 0.190. The van der Waals surface area contributed by atoms with Gasteiger partial charge in [-0.2, -0.15) is 0 Å². The molecule has 9 heteroatoms. The number of likely N-dealkylation sites (N-methyl/N-ethyl adjacent to an activating group) is 1. The van der Waals surface area contributed by atoms with Crippen molar-refractivity contribution in [3.8, 4) is 0 Å². The third-order valence-electron chi connectivity index (χ3n) is 5.33. The van der Waals surface area contributed by atoms with Gasteiger partial charge in [0, 0.05) is 17.6 Å². The molecule has 3 heterocycles. The molecule has 0 radical (unpaired) electrons. The highest BCUT2D eigenvalue weighted by Crippen LogP contribution is 2.35. The number of rotatable bonds is 3. The molecule has 0 bridgehead atoms. The SMILES string of the molecule is CN1C(=O)N(Cc2ccc(F)cc2)C(=O)C2C1N=C1OC(c3ccc(Cl)cc3)=CN12. The van der Waals surface area contributed by atoms with Crippen molar-refractivity contribution < 1.29 is 18.7 Å². The second-order valence-electron chi connectivity index (χ2n) is 7.22. The van der Waals surface area contributed by atoms with E-state index in [1.165, 1.54) is 17.0 Å². The van der Waals surface area contributed by atoms with Crippen LogP contribution in [-0.4, -0.2) is 51.9 Å². The van der Waals surface area contributed by atoms with Crippen molar-refractivity contribution in [3.05, 3.63) is 76.7 Å². The van der Waals surface area contributed by atoms with Crippen molar-refractivity contribution in [1.82, 2.24) is 14.7 Å². The first-order valence-electron chi connectivity index (χ1n) is 9.27. The second-order valence-corrected chi connectivity index (χ2v) is 7.66. The van der Waals surface area contributed by atoms with E-state index in [0.717, 1.165) is 10.5 Å². The summed E-state index contributed by atoms with van der Waals surface area (Å²) in [5.74, 6) is -0.222. The number of hydrogen-bond acceptors (Lipinski definition) is 5. The van der Waals surface area contributed by atoms with Crippen molar-refractivity contribution in [1.29, 1.82) is 0 Å². The van der Waals surface area contributed by atoms with Gasteiger partial charge in [-0.25, -0.2) is 14.2 Å². The van der Waals surface area contributed by atoms with Crippen molar-refractivity contribution in [2.24, 2.45) is 4.99 Å². The zero-order valence-electron chi connectivity index (χ0n) is 15.8. The van der Waals surface area contributed by atoms with Gasteiger partial charge in [0.1, 0.15) is 5.82 Å². The summed E-state index contributed by atoms with van der Waals surface area (Å²) < 4.78 is 19.0. The predicted molar refractivity (Wildman–Crippen MR) is 107 cm³/mol. The average molecular weight is 427 g/mol. The number of ether oxygens (including phenoxy) is 1. The highest BCUT2D eigenvalue weighted by molar-refractivity contribution is 6.30. The lowest BCUT2D eigenvalue weighted by atomic mass is 10.1. The molecule has 0 aromatic heterocycles. The highest BCUT2D eigenvalue weighted by atomic mass is 35.5. The molecule has 0 aliphatic carbocycles. The van der Waals surface area contributed by atoms with Gasteiger partial charge in [0.2, 0.25) is 0 Å². The molecule has 2 unspecified atom stereocenters. The van der Waals surface area contributed by atoms with Gasteiger partial charge < -0.3 is 9.64 Å². The lowest BCUT2D eigenvalue weighted by Crippen LogP contribution is -2.63. The maximum absolute atomic E-state index is 13.3. The van der Waals surface area contributed by atoms with Crippen LogP contribution < -0.4 is 0 Å². The molecule has 152 valence electrons. The van der Waals surface area contributed by atoms with Gasteiger partial charge in [-0.3, -0.25) is 14.6 Å². The molecular formula is C21H16ClFN4O3. The summed E-state index contributed by atoms with van der Waals surface area (Å²) in [6.07, 6.45) is 1.04. The molecule has 30 heavy (non-hydrogen) atoms. The Morgan fingerprint density at radius 3 is 2.50 bits per heavy atom. The maximum atomic E-state index is 13.3. The van der Waals surface area contributed by atoms with Crippen LogP contribution in [0.4, 0.5) is 9.18 Å².